The van der Waals surface area contributed by atoms with E-state index >= 15 is 0 Å². The van der Waals surface area contributed by atoms with Crippen LogP contribution in [0.1, 0.15) is 12.5 Å². The van der Waals surface area contributed by atoms with Crippen molar-refractivity contribution in [2.45, 2.75) is 13.3 Å². The maximum Gasteiger partial charge on any atom is 0.169 e. The number of ether oxygens (including phenoxy) is 3. The van der Waals surface area contributed by atoms with E-state index in [1.807, 2.05) is 13.0 Å². The third kappa shape index (κ3) is 2.96. The fraction of sp³-hybridized carbons (Fsp3) is 0.250. The van der Waals surface area contributed by atoms with Crippen LogP contribution in [-0.4, -0.2) is 19.3 Å². The van der Waals surface area contributed by atoms with E-state index in [1.165, 1.54) is 0 Å². The molecule has 0 saturated heterocycles. The molecule has 0 unspecified atom stereocenters. The lowest BCUT2D eigenvalue weighted by molar-refractivity contribution is 0.351. The molecule has 0 amide bonds. The Balaban J connectivity index is 2.25. The van der Waals surface area contributed by atoms with Crippen molar-refractivity contribution < 1.29 is 19.3 Å². The highest BCUT2D eigenvalue weighted by Crippen LogP contribution is 2.36. The Labute approximate surface area is 118 Å². The molecule has 0 aliphatic heterocycles. The van der Waals surface area contributed by atoms with E-state index in [2.05, 4.69) is 0 Å². The van der Waals surface area contributed by atoms with E-state index in [1.54, 1.807) is 44.6 Å². The second-order valence-corrected chi connectivity index (χ2v) is 4.27. The highest BCUT2D eigenvalue weighted by molar-refractivity contribution is 5.49. The van der Waals surface area contributed by atoms with Crippen molar-refractivity contribution in [1.82, 2.24) is 0 Å². The highest BCUT2D eigenvalue weighted by atomic mass is 16.5. The Kier molecular flexibility index (Phi) is 4.35. The van der Waals surface area contributed by atoms with E-state index < -0.39 is 0 Å². The molecule has 2 aromatic carbocycles. The van der Waals surface area contributed by atoms with Gasteiger partial charge in [0.15, 0.2) is 23.0 Å². The number of benzene rings is 2. The molecule has 1 N–H and O–H groups in total. The second-order valence-electron chi connectivity index (χ2n) is 4.27. The summed E-state index contributed by atoms with van der Waals surface area (Å²) in [5.41, 5.74) is 1.06. The predicted octanol–water partition coefficient (Wildman–Crippen LogP) is 3.76. The molecule has 20 heavy (non-hydrogen) atoms. The summed E-state index contributed by atoms with van der Waals surface area (Å²) in [5, 5.41) is 9.93. The summed E-state index contributed by atoms with van der Waals surface area (Å²) in [6.07, 6.45) is 0.865. The third-order valence-electron chi connectivity index (χ3n) is 3.01. The van der Waals surface area contributed by atoms with Crippen LogP contribution in [-0.2, 0) is 6.42 Å². The second kappa shape index (κ2) is 6.19. The minimum absolute atomic E-state index is 0.124. The van der Waals surface area contributed by atoms with Crippen LogP contribution < -0.4 is 14.2 Å². The monoisotopic (exact) mass is 274 g/mol. The van der Waals surface area contributed by atoms with Gasteiger partial charge in [-0.3, -0.25) is 0 Å². The van der Waals surface area contributed by atoms with Crippen molar-refractivity contribution in [3.63, 3.8) is 0 Å². The van der Waals surface area contributed by atoms with Gasteiger partial charge in [-0.05, 0) is 36.2 Å². The maximum absolute atomic E-state index is 9.93. The standard InChI is InChI=1S/C16H18O4/c1-4-11-5-7-14(13(17)9-11)20-12-6-8-15(18-2)16(10-12)19-3/h5-10,17H,4H2,1-3H3. The van der Waals surface area contributed by atoms with Gasteiger partial charge in [0.25, 0.3) is 0 Å². The van der Waals surface area contributed by atoms with Gasteiger partial charge in [-0.15, -0.1) is 0 Å². The van der Waals surface area contributed by atoms with Gasteiger partial charge in [-0.2, -0.15) is 0 Å². The van der Waals surface area contributed by atoms with Crippen LogP contribution in [0.2, 0.25) is 0 Å². The predicted molar refractivity (Wildman–Crippen MR) is 77.1 cm³/mol. The van der Waals surface area contributed by atoms with Crippen molar-refractivity contribution in [2.24, 2.45) is 0 Å². The molecule has 0 aliphatic rings. The maximum atomic E-state index is 9.93. The number of hydrogen-bond acceptors (Lipinski definition) is 4. The van der Waals surface area contributed by atoms with Gasteiger partial charge in [0.1, 0.15) is 5.75 Å². The topological polar surface area (TPSA) is 47.9 Å². The summed E-state index contributed by atoms with van der Waals surface area (Å²) < 4.78 is 16.0. The molecule has 2 rings (SSSR count). The summed E-state index contributed by atoms with van der Waals surface area (Å²) in [7, 11) is 3.14. The van der Waals surface area contributed by atoms with Gasteiger partial charge in [-0.1, -0.05) is 13.0 Å². The molecule has 0 spiro atoms. The quantitative estimate of drug-likeness (QED) is 0.901. The smallest absolute Gasteiger partial charge is 0.169 e. The van der Waals surface area contributed by atoms with Gasteiger partial charge in [-0.25, -0.2) is 0 Å². The Morgan fingerprint density at radius 1 is 0.900 bits per heavy atom. The van der Waals surface area contributed by atoms with Crippen LogP contribution in [0.4, 0.5) is 0 Å². The molecular formula is C16H18O4. The summed E-state index contributed by atoms with van der Waals surface area (Å²) in [6.45, 7) is 2.03. The Morgan fingerprint density at radius 2 is 1.60 bits per heavy atom. The van der Waals surface area contributed by atoms with Crippen molar-refractivity contribution in [3.8, 4) is 28.7 Å². The van der Waals surface area contributed by atoms with Gasteiger partial charge < -0.3 is 19.3 Å². The molecule has 0 heterocycles. The fourth-order valence-corrected chi connectivity index (χ4v) is 1.88. The Hall–Kier alpha value is -2.36. The van der Waals surface area contributed by atoms with E-state index in [0.29, 0.717) is 23.0 Å². The van der Waals surface area contributed by atoms with E-state index in [4.69, 9.17) is 14.2 Å². The van der Waals surface area contributed by atoms with E-state index in [-0.39, 0.29) is 5.75 Å². The Morgan fingerprint density at radius 3 is 2.20 bits per heavy atom. The largest absolute Gasteiger partial charge is 0.504 e. The highest BCUT2D eigenvalue weighted by Gasteiger charge is 2.08. The Bertz CT molecular complexity index is 593. The summed E-state index contributed by atoms with van der Waals surface area (Å²) >= 11 is 0. The number of rotatable bonds is 5. The molecule has 0 fully saturated rings. The number of methoxy groups -OCH3 is 2. The lowest BCUT2D eigenvalue weighted by atomic mass is 10.1. The molecule has 0 atom stereocenters. The van der Waals surface area contributed by atoms with Crippen molar-refractivity contribution in [3.05, 3.63) is 42.0 Å². The number of hydrogen-bond donors (Lipinski definition) is 1. The van der Waals surface area contributed by atoms with Crippen LogP contribution in [0, 0.1) is 0 Å². The molecule has 0 aliphatic carbocycles. The van der Waals surface area contributed by atoms with Crippen molar-refractivity contribution in [2.75, 3.05) is 14.2 Å². The average molecular weight is 274 g/mol. The van der Waals surface area contributed by atoms with Gasteiger partial charge >= 0.3 is 0 Å². The fourth-order valence-electron chi connectivity index (χ4n) is 1.88. The molecule has 0 saturated carbocycles. The molecule has 0 aromatic heterocycles. The van der Waals surface area contributed by atoms with Gasteiger partial charge in [0.2, 0.25) is 0 Å². The van der Waals surface area contributed by atoms with Gasteiger partial charge in [0.05, 0.1) is 14.2 Å². The van der Waals surface area contributed by atoms with Crippen LogP contribution in [0.15, 0.2) is 36.4 Å². The molecule has 4 heteroatoms. The minimum Gasteiger partial charge on any atom is -0.504 e. The average Bonchev–Trinajstić information content (AvgIpc) is 2.49. The third-order valence-corrected chi connectivity index (χ3v) is 3.01. The zero-order valence-corrected chi connectivity index (χ0v) is 11.8. The molecule has 4 nitrogen and oxygen atoms in total. The van der Waals surface area contributed by atoms with Gasteiger partial charge in [0, 0.05) is 6.07 Å². The van der Waals surface area contributed by atoms with E-state index in [9.17, 15) is 5.11 Å². The molecule has 0 radical (unpaired) electrons. The zero-order valence-electron chi connectivity index (χ0n) is 11.8. The van der Waals surface area contributed by atoms with Crippen LogP contribution in [0.3, 0.4) is 0 Å². The SMILES string of the molecule is CCc1ccc(Oc2ccc(OC)c(OC)c2)c(O)c1. The lowest BCUT2D eigenvalue weighted by Crippen LogP contribution is -1.92. The normalized spacial score (nSPS) is 10.2. The summed E-state index contributed by atoms with van der Waals surface area (Å²) in [4.78, 5) is 0. The van der Waals surface area contributed by atoms with Crippen LogP contribution >= 0.6 is 0 Å². The minimum atomic E-state index is 0.124. The first-order valence-electron chi connectivity index (χ1n) is 6.39. The molecule has 106 valence electrons. The van der Waals surface area contributed by atoms with Crippen molar-refractivity contribution >= 4 is 0 Å². The molecule has 2 aromatic rings. The first-order valence-corrected chi connectivity index (χ1v) is 6.39. The van der Waals surface area contributed by atoms with Crippen LogP contribution in [0.5, 0.6) is 28.7 Å². The first kappa shape index (κ1) is 14.1. The number of aryl methyl sites for hydroxylation is 1. The zero-order chi connectivity index (χ0) is 14.5. The lowest BCUT2D eigenvalue weighted by Gasteiger charge is -2.12. The number of phenols is 1. The summed E-state index contributed by atoms with van der Waals surface area (Å²) in [5.74, 6) is 2.32. The summed E-state index contributed by atoms with van der Waals surface area (Å²) in [6, 6.07) is 10.6. The number of phenolic OH excluding ortho intramolecular Hbond substituents is 1. The number of aromatic hydroxyl groups is 1. The first-order chi connectivity index (χ1) is 9.67. The van der Waals surface area contributed by atoms with Crippen LogP contribution in [0.25, 0.3) is 0 Å². The molecular weight excluding hydrogens is 256 g/mol. The van der Waals surface area contributed by atoms with Crippen molar-refractivity contribution in [1.29, 1.82) is 0 Å². The van der Waals surface area contributed by atoms with E-state index in [0.717, 1.165) is 12.0 Å². The molecule has 0 bridgehead atoms.